The van der Waals surface area contributed by atoms with Gasteiger partial charge in [-0.3, -0.25) is 4.79 Å². The molecular formula is C12H13F3O. The van der Waals surface area contributed by atoms with Crippen molar-refractivity contribution in [1.82, 2.24) is 0 Å². The molecule has 0 radical (unpaired) electrons. The summed E-state index contributed by atoms with van der Waals surface area (Å²) in [5, 5.41) is 0. The van der Waals surface area contributed by atoms with Crippen molar-refractivity contribution in [1.29, 1.82) is 0 Å². The van der Waals surface area contributed by atoms with Crippen LogP contribution in [0.25, 0.3) is 0 Å². The summed E-state index contributed by atoms with van der Waals surface area (Å²) < 4.78 is 35.9. The topological polar surface area (TPSA) is 17.1 Å². The van der Waals surface area contributed by atoms with Crippen LogP contribution in [0.2, 0.25) is 0 Å². The molecule has 88 valence electrons. The highest BCUT2D eigenvalue weighted by Gasteiger charge is 2.28. The molecule has 1 rings (SSSR count). The lowest BCUT2D eigenvalue weighted by Gasteiger charge is -2.08. The highest BCUT2D eigenvalue weighted by atomic mass is 19.4. The highest BCUT2D eigenvalue weighted by Crippen LogP contribution is 2.23. The van der Waals surface area contributed by atoms with E-state index in [1.54, 1.807) is 24.3 Å². The minimum Gasteiger partial charge on any atom is -0.294 e. The van der Waals surface area contributed by atoms with Gasteiger partial charge in [-0.2, -0.15) is 13.2 Å². The van der Waals surface area contributed by atoms with Crippen molar-refractivity contribution >= 4 is 5.78 Å². The minimum atomic E-state index is -4.27. The first kappa shape index (κ1) is 12.7. The monoisotopic (exact) mass is 230 g/mol. The predicted octanol–water partition coefficient (Wildman–Crippen LogP) is 3.77. The Morgan fingerprint density at radius 3 is 2.44 bits per heavy atom. The Morgan fingerprint density at radius 1 is 1.25 bits per heavy atom. The van der Waals surface area contributed by atoms with Crippen LogP contribution in [0.4, 0.5) is 13.2 Å². The van der Waals surface area contributed by atoms with Gasteiger partial charge >= 0.3 is 6.18 Å². The average molecular weight is 230 g/mol. The molecule has 0 saturated heterocycles. The summed E-state index contributed by atoms with van der Waals surface area (Å²) >= 11 is 0. The number of halogens is 3. The lowest BCUT2D eigenvalue weighted by molar-refractivity contribution is -0.133. The van der Waals surface area contributed by atoms with Gasteiger partial charge in [-0.1, -0.05) is 31.2 Å². The zero-order valence-electron chi connectivity index (χ0n) is 8.97. The van der Waals surface area contributed by atoms with Crippen LogP contribution in [0.1, 0.15) is 35.7 Å². The maximum absolute atomic E-state index is 12.0. The van der Waals surface area contributed by atoms with Crippen LogP contribution in [-0.4, -0.2) is 12.0 Å². The Labute approximate surface area is 92.3 Å². The smallest absolute Gasteiger partial charge is 0.294 e. The van der Waals surface area contributed by atoms with Gasteiger partial charge in [0.15, 0.2) is 5.78 Å². The van der Waals surface area contributed by atoms with Crippen LogP contribution < -0.4 is 0 Å². The number of ketones is 1. The van der Waals surface area contributed by atoms with Gasteiger partial charge in [-0.15, -0.1) is 0 Å². The lowest BCUT2D eigenvalue weighted by atomic mass is 9.99. The summed E-state index contributed by atoms with van der Waals surface area (Å²) in [7, 11) is 0. The van der Waals surface area contributed by atoms with Crippen molar-refractivity contribution in [2.24, 2.45) is 0 Å². The molecule has 0 fully saturated rings. The zero-order valence-corrected chi connectivity index (χ0v) is 8.97. The number of benzene rings is 1. The molecule has 16 heavy (non-hydrogen) atoms. The Morgan fingerprint density at radius 2 is 1.88 bits per heavy atom. The molecule has 0 aliphatic carbocycles. The van der Waals surface area contributed by atoms with E-state index in [0.29, 0.717) is 12.0 Å². The van der Waals surface area contributed by atoms with Gasteiger partial charge in [-0.05, 0) is 12.0 Å². The Balaban J connectivity index is 2.73. The number of carbonyl (C=O) groups is 1. The van der Waals surface area contributed by atoms with Crippen LogP contribution in [0, 0.1) is 0 Å². The second kappa shape index (κ2) is 5.14. The van der Waals surface area contributed by atoms with Crippen molar-refractivity contribution < 1.29 is 18.0 Å². The molecule has 0 unspecified atom stereocenters. The molecule has 0 heterocycles. The molecule has 4 heteroatoms. The van der Waals surface area contributed by atoms with Crippen molar-refractivity contribution in [3.8, 4) is 0 Å². The molecule has 0 bridgehead atoms. The van der Waals surface area contributed by atoms with Gasteiger partial charge < -0.3 is 0 Å². The Hall–Kier alpha value is -1.32. The van der Waals surface area contributed by atoms with Gasteiger partial charge in [-0.25, -0.2) is 0 Å². The third-order valence-corrected chi connectivity index (χ3v) is 2.33. The Kier molecular flexibility index (Phi) is 4.10. The van der Waals surface area contributed by atoms with Crippen LogP contribution in [0.5, 0.6) is 0 Å². The summed E-state index contributed by atoms with van der Waals surface area (Å²) in [6.07, 6.45) is -5.14. The van der Waals surface area contributed by atoms with E-state index < -0.39 is 24.8 Å². The number of hydrogen-bond donors (Lipinski definition) is 0. The summed E-state index contributed by atoms with van der Waals surface area (Å²) in [5.41, 5.74) is 1.21. The van der Waals surface area contributed by atoms with Crippen molar-refractivity contribution in [2.45, 2.75) is 32.4 Å². The van der Waals surface area contributed by atoms with Crippen LogP contribution in [0.15, 0.2) is 24.3 Å². The summed E-state index contributed by atoms with van der Waals surface area (Å²) in [5.74, 6) is -0.435. The lowest BCUT2D eigenvalue weighted by Crippen LogP contribution is -2.12. The standard InChI is InChI=1S/C12H13F3O/c1-2-9-5-3-4-6-10(9)11(16)7-8-12(13,14)15/h3-6H,2,7-8H2,1H3. The van der Waals surface area contributed by atoms with E-state index in [4.69, 9.17) is 0 Å². The largest absolute Gasteiger partial charge is 0.389 e. The number of aryl methyl sites for hydroxylation is 1. The van der Waals surface area contributed by atoms with Gasteiger partial charge in [0.05, 0.1) is 6.42 Å². The maximum Gasteiger partial charge on any atom is 0.389 e. The van der Waals surface area contributed by atoms with E-state index in [-0.39, 0.29) is 0 Å². The van der Waals surface area contributed by atoms with E-state index in [9.17, 15) is 18.0 Å². The normalized spacial score (nSPS) is 11.5. The first-order valence-corrected chi connectivity index (χ1v) is 5.12. The van der Waals surface area contributed by atoms with Gasteiger partial charge in [0.1, 0.15) is 0 Å². The Bertz CT molecular complexity index is 369. The summed E-state index contributed by atoms with van der Waals surface area (Å²) in [6.45, 7) is 1.87. The molecule has 0 saturated carbocycles. The molecule has 1 nitrogen and oxygen atoms in total. The fourth-order valence-corrected chi connectivity index (χ4v) is 1.49. The number of Topliss-reactive ketones (excluding diaryl/α,β-unsaturated/α-hetero) is 1. The maximum atomic E-state index is 12.0. The van der Waals surface area contributed by atoms with Crippen LogP contribution in [-0.2, 0) is 6.42 Å². The van der Waals surface area contributed by atoms with Crippen molar-refractivity contribution in [3.05, 3.63) is 35.4 Å². The molecule has 0 spiro atoms. The fourth-order valence-electron chi connectivity index (χ4n) is 1.49. The first-order chi connectivity index (χ1) is 7.44. The average Bonchev–Trinajstić information content (AvgIpc) is 2.25. The van der Waals surface area contributed by atoms with E-state index >= 15 is 0 Å². The highest BCUT2D eigenvalue weighted by molar-refractivity contribution is 5.97. The summed E-state index contributed by atoms with van der Waals surface area (Å²) in [6, 6.07) is 6.79. The number of alkyl halides is 3. The number of carbonyl (C=O) groups excluding carboxylic acids is 1. The molecule has 1 aromatic rings. The van der Waals surface area contributed by atoms with Gasteiger partial charge in [0.25, 0.3) is 0 Å². The molecule has 0 aliphatic heterocycles. The number of hydrogen-bond acceptors (Lipinski definition) is 1. The molecule has 0 N–H and O–H groups in total. The summed E-state index contributed by atoms with van der Waals surface area (Å²) in [4.78, 5) is 11.6. The SMILES string of the molecule is CCc1ccccc1C(=O)CCC(F)(F)F. The molecule has 0 aromatic heterocycles. The van der Waals surface area contributed by atoms with E-state index in [1.807, 2.05) is 6.92 Å². The third kappa shape index (κ3) is 3.68. The molecule has 1 aromatic carbocycles. The van der Waals surface area contributed by atoms with E-state index in [2.05, 4.69) is 0 Å². The first-order valence-electron chi connectivity index (χ1n) is 5.12. The van der Waals surface area contributed by atoms with Crippen molar-refractivity contribution in [2.75, 3.05) is 0 Å². The van der Waals surface area contributed by atoms with Gasteiger partial charge in [0.2, 0.25) is 0 Å². The predicted molar refractivity (Wildman–Crippen MR) is 55.4 cm³/mol. The second-order valence-corrected chi connectivity index (χ2v) is 3.55. The molecule has 0 atom stereocenters. The second-order valence-electron chi connectivity index (χ2n) is 3.55. The zero-order chi connectivity index (χ0) is 12.2. The van der Waals surface area contributed by atoms with E-state index in [1.165, 1.54) is 0 Å². The van der Waals surface area contributed by atoms with Crippen LogP contribution in [0.3, 0.4) is 0 Å². The minimum absolute atomic E-state index is 0.411. The van der Waals surface area contributed by atoms with Crippen LogP contribution >= 0.6 is 0 Å². The molecule has 0 amide bonds. The molecular weight excluding hydrogens is 217 g/mol. The molecule has 0 aliphatic rings. The van der Waals surface area contributed by atoms with Crippen molar-refractivity contribution in [3.63, 3.8) is 0 Å². The van der Waals surface area contributed by atoms with Gasteiger partial charge in [0, 0.05) is 12.0 Å². The third-order valence-electron chi connectivity index (χ3n) is 2.33. The fraction of sp³-hybridized carbons (Fsp3) is 0.417. The quantitative estimate of drug-likeness (QED) is 0.719. The van der Waals surface area contributed by atoms with E-state index in [0.717, 1.165) is 5.56 Å². The number of rotatable bonds is 4.